The summed E-state index contributed by atoms with van der Waals surface area (Å²) >= 11 is 0. The first-order valence-corrected chi connectivity index (χ1v) is 5.55. The molecule has 108 valence electrons. The Labute approximate surface area is 116 Å². The number of carbonyl (C=O) groups excluding carboxylic acids is 1. The molecule has 0 atom stereocenters. The van der Waals surface area contributed by atoms with E-state index in [9.17, 15) is 23.7 Å². The van der Waals surface area contributed by atoms with Gasteiger partial charge in [0.15, 0.2) is 17.2 Å². The first-order valence-electron chi connectivity index (χ1n) is 5.55. The molecule has 1 aromatic carbocycles. The van der Waals surface area contributed by atoms with Gasteiger partial charge in [-0.2, -0.15) is 0 Å². The average molecular weight is 294 g/mol. The standard InChI is InChI=1S/C12H8F2N4O3/c13-6-4-7(14)10(9(5-6)18(20)21)17-12(19)11-8(15)2-1-3-16-11/h1-5H,15H2,(H,17,19). The maximum Gasteiger partial charge on any atom is 0.298 e. The van der Waals surface area contributed by atoms with Crippen molar-refractivity contribution in [1.29, 1.82) is 0 Å². The summed E-state index contributed by atoms with van der Waals surface area (Å²) in [5.74, 6) is -3.35. The van der Waals surface area contributed by atoms with Gasteiger partial charge in [-0.15, -0.1) is 0 Å². The first-order chi connectivity index (χ1) is 9.90. The summed E-state index contributed by atoms with van der Waals surface area (Å²) in [6.45, 7) is 0. The highest BCUT2D eigenvalue weighted by Crippen LogP contribution is 2.29. The van der Waals surface area contributed by atoms with Gasteiger partial charge in [-0.25, -0.2) is 13.8 Å². The minimum absolute atomic E-state index is 0.0140. The molecule has 1 heterocycles. The number of nitrogens with one attached hydrogen (secondary N) is 1. The van der Waals surface area contributed by atoms with Crippen molar-refractivity contribution >= 4 is 23.0 Å². The maximum absolute atomic E-state index is 13.6. The molecule has 0 bridgehead atoms. The number of nitro benzene ring substituents is 1. The van der Waals surface area contributed by atoms with Gasteiger partial charge in [-0.1, -0.05) is 0 Å². The zero-order valence-corrected chi connectivity index (χ0v) is 10.3. The van der Waals surface area contributed by atoms with E-state index < -0.39 is 33.8 Å². The summed E-state index contributed by atoms with van der Waals surface area (Å²) in [6, 6.07) is 3.79. The Kier molecular flexibility index (Phi) is 3.74. The van der Waals surface area contributed by atoms with E-state index in [4.69, 9.17) is 5.73 Å². The molecule has 0 unspecified atom stereocenters. The Morgan fingerprint density at radius 1 is 1.38 bits per heavy atom. The fourth-order valence-electron chi connectivity index (χ4n) is 1.61. The van der Waals surface area contributed by atoms with E-state index in [0.29, 0.717) is 12.1 Å². The molecule has 0 radical (unpaired) electrons. The Morgan fingerprint density at radius 3 is 2.71 bits per heavy atom. The van der Waals surface area contributed by atoms with Crippen LogP contribution in [-0.4, -0.2) is 15.8 Å². The normalized spacial score (nSPS) is 10.2. The molecule has 2 aromatic rings. The van der Waals surface area contributed by atoms with Crippen LogP contribution in [0.4, 0.5) is 25.8 Å². The van der Waals surface area contributed by atoms with Gasteiger partial charge in [0.25, 0.3) is 11.6 Å². The Morgan fingerprint density at radius 2 is 2.10 bits per heavy atom. The number of anilines is 2. The number of benzene rings is 1. The van der Waals surface area contributed by atoms with Crippen molar-refractivity contribution in [3.8, 4) is 0 Å². The third kappa shape index (κ3) is 2.91. The van der Waals surface area contributed by atoms with Gasteiger partial charge in [-0.05, 0) is 12.1 Å². The molecule has 1 amide bonds. The number of nitrogens with zero attached hydrogens (tertiary/aromatic N) is 2. The number of rotatable bonds is 3. The highest BCUT2D eigenvalue weighted by atomic mass is 19.1. The van der Waals surface area contributed by atoms with Crippen molar-refractivity contribution in [3.63, 3.8) is 0 Å². The second-order valence-corrected chi connectivity index (χ2v) is 3.93. The topological polar surface area (TPSA) is 111 Å². The van der Waals surface area contributed by atoms with Gasteiger partial charge in [0.2, 0.25) is 0 Å². The summed E-state index contributed by atoms with van der Waals surface area (Å²) < 4.78 is 26.6. The lowest BCUT2D eigenvalue weighted by Crippen LogP contribution is -2.17. The number of hydrogen-bond donors (Lipinski definition) is 2. The number of halogens is 2. The zero-order chi connectivity index (χ0) is 15.6. The predicted molar refractivity (Wildman–Crippen MR) is 69.6 cm³/mol. The molecule has 0 saturated carbocycles. The molecule has 9 heteroatoms. The number of nitrogens with two attached hydrogens (primary N) is 1. The molecule has 0 aliphatic rings. The summed E-state index contributed by atoms with van der Waals surface area (Å²) in [5.41, 5.74) is 3.65. The monoisotopic (exact) mass is 294 g/mol. The Bertz CT molecular complexity index is 736. The average Bonchev–Trinajstić information content (AvgIpc) is 2.41. The van der Waals surface area contributed by atoms with E-state index >= 15 is 0 Å². The lowest BCUT2D eigenvalue weighted by Gasteiger charge is -2.08. The minimum Gasteiger partial charge on any atom is -0.397 e. The van der Waals surface area contributed by atoms with Crippen LogP contribution in [0.3, 0.4) is 0 Å². The molecule has 21 heavy (non-hydrogen) atoms. The van der Waals surface area contributed by atoms with Crippen LogP contribution in [0.5, 0.6) is 0 Å². The summed E-state index contributed by atoms with van der Waals surface area (Å²) in [6.07, 6.45) is 1.28. The van der Waals surface area contributed by atoms with Crippen LogP contribution < -0.4 is 11.1 Å². The molecular formula is C12H8F2N4O3. The van der Waals surface area contributed by atoms with E-state index in [2.05, 4.69) is 4.98 Å². The Hall–Kier alpha value is -3.10. The summed E-state index contributed by atoms with van der Waals surface area (Å²) in [5, 5.41) is 12.8. The van der Waals surface area contributed by atoms with Crippen LogP contribution in [-0.2, 0) is 0 Å². The fraction of sp³-hybridized carbons (Fsp3) is 0. The van der Waals surface area contributed by atoms with Gasteiger partial charge < -0.3 is 11.1 Å². The van der Waals surface area contributed by atoms with Gasteiger partial charge in [0.05, 0.1) is 16.7 Å². The second-order valence-electron chi connectivity index (χ2n) is 3.93. The zero-order valence-electron chi connectivity index (χ0n) is 10.3. The van der Waals surface area contributed by atoms with E-state index in [-0.39, 0.29) is 11.4 Å². The van der Waals surface area contributed by atoms with Crippen LogP contribution in [0.25, 0.3) is 0 Å². The number of hydrogen-bond acceptors (Lipinski definition) is 5. The van der Waals surface area contributed by atoms with E-state index in [1.165, 1.54) is 18.3 Å². The van der Waals surface area contributed by atoms with E-state index in [1.54, 1.807) is 0 Å². The van der Waals surface area contributed by atoms with Crippen molar-refractivity contribution in [2.24, 2.45) is 0 Å². The summed E-state index contributed by atoms with van der Waals surface area (Å²) in [7, 11) is 0. The van der Waals surface area contributed by atoms with Crippen LogP contribution in [0.2, 0.25) is 0 Å². The predicted octanol–water partition coefficient (Wildman–Crippen LogP) is 2.10. The van der Waals surface area contributed by atoms with Crippen molar-refractivity contribution in [2.75, 3.05) is 11.1 Å². The van der Waals surface area contributed by atoms with E-state index in [1.807, 2.05) is 5.32 Å². The van der Waals surface area contributed by atoms with Gasteiger partial charge >= 0.3 is 0 Å². The van der Waals surface area contributed by atoms with Crippen LogP contribution >= 0.6 is 0 Å². The third-order valence-corrected chi connectivity index (χ3v) is 2.52. The summed E-state index contributed by atoms with van der Waals surface area (Å²) in [4.78, 5) is 25.4. The molecule has 0 saturated heterocycles. The molecule has 0 spiro atoms. The van der Waals surface area contributed by atoms with E-state index in [0.717, 1.165) is 0 Å². The molecule has 0 aliphatic carbocycles. The lowest BCUT2D eigenvalue weighted by atomic mass is 10.2. The van der Waals surface area contributed by atoms with Gasteiger partial charge in [-0.3, -0.25) is 14.9 Å². The van der Waals surface area contributed by atoms with Gasteiger partial charge in [0, 0.05) is 12.3 Å². The van der Waals surface area contributed by atoms with Crippen LogP contribution in [0, 0.1) is 21.7 Å². The Balaban J connectivity index is 2.42. The molecule has 0 aliphatic heterocycles. The molecule has 2 rings (SSSR count). The van der Waals surface area contributed by atoms with Crippen molar-refractivity contribution in [1.82, 2.24) is 4.98 Å². The second kappa shape index (κ2) is 5.49. The molecule has 0 fully saturated rings. The lowest BCUT2D eigenvalue weighted by molar-refractivity contribution is -0.384. The highest BCUT2D eigenvalue weighted by molar-refractivity contribution is 6.07. The molecule has 1 aromatic heterocycles. The number of nitro groups is 1. The number of amides is 1. The first kappa shape index (κ1) is 14.3. The SMILES string of the molecule is Nc1cccnc1C(=O)Nc1c(F)cc(F)cc1[N+](=O)[O-]. The number of nitrogen functional groups attached to an aromatic ring is 1. The third-order valence-electron chi connectivity index (χ3n) is 2.52. The maximum atomic E-state index is 13.6. The molecular weight excluding hydrogens is 286 g/mol. The molecule has 3 N–H and O–H groups in total. The highest BCUT2D eigenvalue weighted by Gasteiger charge is 2.23. The number of pyridine rings is 1. The van der Waals surface area contributed by atoms with Crippen molar-refractivity contribution < 1.29 is 18.5 Å². The van der Waals surface area contributed by atoms with Crippen molar-refractivity contribution in [2.45, 2.75) is 0 Å². The van der Waals surface area contributed by atoms with Gasteiger partial charge in [0.1, 0.15) is 5.82 Å². The molecule has 7 nitrogen and oxygen atoms in total. The number of aromatic nitrogens is 1. The number of carbonyl (C=O) groups is 1. The largest absolute Gasteiger partial charge is 0.397 e. The van der Waals surface area contributed by atoms with Crippen molar-refractivity contribution in [3.05, 3.63) is 57.9 Å². The van der Waals surface area contributed by atoms with Crippen LogP contribution in [0.15, 0.2) is 30.5 Å². The minimum atomic E-state index is -1.27. The fourth-order valence-corrected chi connectivity index (χ4v) is 1.61. The smallest absolute Gasteiger partial charge is 0.298 e. The van der Waals surface area contributed by atoms with Crippen LogP contribution in [0.1, 0.15) is 10.5 Å². The quantitative estimate of drug-likeness (QED) is 0.665.